The highest BCUT2D eigenvalue weighted by molar-refractivity contribution is 7.99. The van der Waals surface area contributed by atoms with Gasteiger partial charge in [-0.15, -0.1) is 10.2 Å². The van der Waals surface area contributed by atoms with E-state index in [1.165, 1.54) is 17.3 Å². The van der Waals surface area contributed by atoms with Gasteiger partial charge >= 0.3 is 0 Å². The van der Waals surface area contributed by atoms with Gasteiger partial charge in [-0.3, -0.25) is 4.79 Å². The molecule has 26 heavy (non-hydrogen) atoms. The number of carbonyl (C=O) groups is 1. The van der Waals surface area contributed by atoms with Crippen LogP contribution in [0.1, 0.15) is 32.3 Å². The second kappa shape index (κ2) is 9.97. The number of aryl methyl sites for hydroxylation is 1. The number of hydrogen-bond donors (Lipinski definition) is 0. The topological polar surface area (TPSA) is 74.8 Å². The van der Waals surface area contributed by atoms with Gasteiger partial charge in [0.1, 0.15) is 0 Å². The third-order valence-corrected chi connectivity index (χ3v) is 4.94. The monoisotopic (exact) mass is 371 g/mol. The molecular formula is C19H25N5OS. The van der Waals surface area contributed by atoms with E-state index in [9.17, 15) is 4.79 Å². The highest BCUT2D eigenvalue weighted by Gasteiger charge is 2.17. The quantitative estimate of drug-likeness (QED) is 0.631. The van der Waals surface area contributed by atoms with E-state index in [1.807, 2.05) is 19.1 Å². The summed E-state index contributed by atoms with van der Waals surface area (Å²) in [6.07, 6.45) is 1.31. The van der Waals surface area contributed by atoms with Crippen LogP contribution in [-0.2, 0) is 11.3 Å². The molecule has 0 radical (unpaired) electrons. The molecule has 0 spiro atoms. The molecule has 1 aromatic carbocycles. The SMILES string of the molecule is CCCn1c(SCC(=O)N(CC)CCC#N)nnc1-c1cccc(C)c1. The summed E-state index contributed by atoms with van der Waals surface area (Å²) in [5.74, 6) is 1.16. The number of nitrogens with zero attached hydrogens (tertiary/aromatic N) is 5. The summed E-state index contributed by atoms with van der Waals surface area (Å²) in [5.41, 5.74) is 2.21. The molecule has 0 atom stereocenters. The van der Waals surface area contributed by atoms with Gasteiger partial charge in [-0.05, 0) is 26.3 Å². The van der Waals surface area contributed by atoms with Crippen LogP contribution < -0.4 is 0 Å². The number of amides is 1. The van der Waals surface area contributed by atoms with Crippen LogP contribution in [-0.4, -0.2) is 44.4 Å². The van der Waals surface area contributed by atoms with E-state index in [2.05, 4.69) is 46.8 Å². The zero-order chi connectivity index (χ0) is 18.9. The van der Waals surface area contributed by atoms with Crippen molar-refractivity contribution in [2.24, 2.45) is 0 Å². The Morgan fingerprint density at radius 2 is 2.15 bits per heavy atom. The first-order valence-corrected chi connectivity index (χ1v) is 9.87. The van der Waals surface area contributed by atoms with Gasteiger partial charge in [0, 0.05) is 25.2 Å². The highest BCUT2D eigenvalue weighted by Crippen LogP contribution is 2.25. The maximum atomic E-state index is 12.4. The molecule has 0 bridgehead atoms. The second-order valence-corrected chi connectivity index (χ2v) is 6.94. The third kappa shape index (κ3) is 5.09. The van der Waals surface area contributed by atoms with E-state index in [1.54, 1.807) is 4.90 Å². The second-order valence-electron chi connectivity index (χ2n) is 6.00. The van der Waals surface area contributed by atoms with Gasteiger partial charge in [-0.1, -0.05) is 42.4 Å². The minimum absolute atomic E-state index is 0.0240. The van der Waals surface area contributed by atoms with Crippen molar-refractivity contribution in [1.29, 1.82) is 5.26 Å². The molecule has 2 rings (SSSR count). The molecule has 2 aromatic rings. The zero-order valence-corrected chi connectivity index (χ0v) is 16.4. The Morgan fingerprint density at radius 1 is 1.35 bits per heavy atom. The highest BCUT2D eigenvalue weighted by atomic mass is 32.2. The molecule has 0 aliphatic carbocycles. The lowest BCUT2D eigenvalue weighted by Gasteiger charge is -2.19. The molecular weight excluding hydrogens is 346 g/mol. The molecule has 138 valence electrons. The van der Waals surface area contributed by atoms with Crippen molar-refractivity contribution in [3.63, 3.8) is 0 Å². The van der Waals surface area contributed by atoms with E-state index in [0.29, 0.717) is 25.3 Å². The first-order valence-electron chi connectivity index (χ1n) is 8.88. The van der Waals surface area contributed by atoms with Crippen molar-refractivity contribution >= 4 is 17.7 Å². The summed E-state index contributed by atoms with van der Waals surface area (Å²) in [6, 6.07) is 10.3. The molecule has 7 heteroatoms. The minimum Gasteiger partial charge on any atom is -0.341 e. The van der Waals surface area contributed by atoms with E-state index >= 15 is 0 Å². The summed E-state index contributed by atoms with van der Waals surface area (Å²) in [7, 11) is 0. The summed E-state index contributed by atoms with van der Waals surface area (Å²) in [6.45, 7) is 7.98. The van der Waals surface area contributed by atoms with Crippen molar-refractivity contribution in [3.8, 4) is 17.5 Å². The van der Waals surface area contributed by atoms with Crippen LogP contribution in [0.15, 0.2) is 29.4 Å². The normalized spacial score (nSPS) is 10.5. The van der Waals surface area contributed by atoms with Crippen molar-refractivity contribution in [1.82, 2.24) is 19.7 Å². The van der Waals surface area contributed by atoms with Crippen LogP contribution in [0.3, 0.4) is 0 Å². The molecule has 1 amide bonds. The van der Waals surface area contributed by atoms with Crippen molar-refractivity contribution in [3.05, 3.63) is 29.8 Å². The summed E-state index contributed by atoms with van der Waals surface area (Å²) in [5, 5.41) is 18.1. The molecule has 0 aliphatic heterocycles. The lowest BCUT2D eigenvalue weighted by atomic mass is 10.1. The number of rotatable bonds is 9. The van der Waals surface area contributed by atoms with E-state index < -0.39 is 0 Å². The van der Waals surface area contributed by atoms with E-state index in [0.717, 1.165) is 29.5 Å². The number of hydrogen-bond acceptors (Lipinski definition) is 5. The third-order valence-electron chi connectivity index (χ3n) is 3.99. The van der Waals surface area contributed by atoms with Gasteiger partial charge in [0.05, 0.1) is 18.2 Å². The maximum absolute atomic E-state index is 12.4. The van der Waals surface area contributed by atoms with E-state index in [-0.39, 0.29) is 5.91 Å². The standard InChI is InChI=1S/C19H25N5OS/c1-4-11-24-18(16-9-6-8-15(3)13-16)21-22-19(24)26-14-17(25)23(5-2)12-7-10-20/h6,8-9,13H,4-5,7,11-12,14H2,1-3H3. The number of aromatic nitrogens is 3. The largest absolute Gasteiger partial charge is 0.341 e. The molecule has 6 nitrogen and oxygen atoms in total. The predicted molar refractivity (Wildman–Crippen MR) is 104 cm³/mol. The van der Waals surface area contributed by atoms with Crippen LogP contribution in [0.2, 0.25) is 0 Å². The van der Waals surface area contributed by atoms with Crippen molar-refractivity contribution in [2.75, 3.05) is 18.8 Å². The average Bonchev–Trinajstić information content (AvgIpc) is 3.03. The van der Waals surface area contributed by atoms with Gasteiger partial charge in [0.25, 0.3) is 0 Å². The molecule has 1 heterocycles. The van der Waals surface area contributed by atoms with Crippen molar-refractivity contribution in [2.45, 2.75) is 45.3 Å². The molecule has 0 unspecified atom stereocenters. The van der Waals surface area contributed by atoms with Crippen LogP contribution in [0.5, 0.6) is 0 Å². The fourth-order valence-electron chi connectivity index (χ4n) is 2.68. The lowest BCUT2D eigenvalue weighted by Crippen LogP contribution is -2.33. The molecule has 1 aromatic heterocycles. The summed E-state index contributed by atoms with van der Waals surface area (Å²) >= 11 is 1.41. The molecule has 0 aliphatic rings. The van der Waals surface area contributed by atoms with Gasteiger partial charge in [-0.25, -0.2) is 0 Å². The average molecular weight is 372 g/mol. The Labute approximate surface area is 159 Å². The van der Waals surface area contributed by atoms with Crippen LogP contribution >= 0.6 is 11.8 Å². The van der Waals surface area contributed by atoms with Crippen LogP contribution in [0.4, 0.5) is 0 Å². The Bertz CT molecular complexity index is 780. The zero-order valence-electron chi connectivity index (χ0n) is 15.6. The summed E-state index contributed by atoms with van der Waals surface area (Å²) in [4.78, 5) is 14.1. The number of nitriles is 1. The molecule has 0 saturated carbocycles. The fraction of sp³-hybridized carbons (Fsp3) is 0.474. The first-order chi connectivity index (χ1) is 12.6. The van der Waals surface area contributed by atoms with Gasteiger partial charge in [0.2, 0.25) is 5.91 Å². The van der Waals surface area contributed by atoms with Crippen LogP contribution in [0, 0.1) is 18.3 Å². The van der Waals surface area contributed by atoms with Gasteiger partial charge in [-0.2, -0.15) is 5.26 Å². The van der Waals surface area contributed by atoms with Gasteiger partial charge in [0.15, 0.2) is 11.0 Å². The molecule has 0 N–H and O–H groups in total. The summed E-state index contributed by atoms with van der Waals surface area (Å²) < 4.78 is 2.08. The minimum atomic E-state index is 0.0240. The Balaban J connectivity index is 2.15. The molecule has 0 saturated heterocycles. The van der Waals surface area contributed by atoms with Crippen LogP contribution in [0.25, 0.3) is 11.4 Å². The number of thioether (sulfide) groups is 1. The first kappa shape index (κ1) is 20.0. The molecule has 0 fully saturated rings. The fourth-order valence-corrected chi connectivity index (χ4v) is 3.55. The lowest BCUT2D eigenvalue weighted by molar-refractivity contribution is -0.128. The maximum Gasteiger partial charge on any atom is 0.233 e. The Morgan fingerprint density at radius 3 is 2.81 bits per heavy atom. The number of benzene rings is 1. The Kier molecular flexibility index (Phi) is 7.67. The van der Waals surface area contributed by atoms with E-state index in [4.69, 9.17) is 5.26 Å². The predicted octanol–water partition coefficient (Wildman–Crippen LogP) is 3.52. The smallest absolute Gasteiger partial charge is 0.233 e. The number of carbonyl (C=O) groups excluding carboxylic acids is 1. The van der Waals surface area contributed by atoms with Crippen molar-refractivity contribution < 1.29 is 4.79 Å². The van der Waals surface area contributed by atoms with Gasteiger partial charge < -0.3 is 9.47 Å². The Hall–Kier alpha value is -2.33.